The van der Waals surface area contributed by atoms with Crippen molar-refractivity contribution in [2.24, 2.45) is 0 Å². The molecule has 0 atom stereocenters. The summed E-state index contributed by atoms with van der Waals surface area (Å²) >= 11 is 3.76. The lowest BCUT2D eigenvalue weighted by Gasteiger charge is -2.12. The molecule has 9 heteroatoms. The van der Waals surface area contributed by atoms with Crippen molar-refractivity contribution in [2.75, 3.05) is 0 Å². The molecule has 0 radical (unpaired) electrons. The van der Waals surface area contributed by atoms with Crippen LogP contribution in [0.3, 0.4) is 0 Å². The Morgan fingerprint density at radius 1 is 0.179 bits per heavy atom. The van der Waals surface area contributed by atoms with Gasteiger partial charge in [-0.25, -0.2) is 0 Å². The summed E-state index contributed by atoms with van der Waals surface area (Å²) in [7, 11) is 0. The maximum Gasteiger partial charge on any atom is 0.136 e. The van der Waals surface area contributed by atoms with Crippen molar-refractivity contribution < 1.29 is 13.3 Å². The fraction of sp³-hybridized carbons (Fsp3) is 0. The average molecular weight is 1600 g/mol. The molecule has 0 bridgehead atoms. The zero-order valence-corrected chi connectivity index (χ0v) is 67.6. The average Bonchev–Trinajstić information content (AvgIpc) is 1.57. The van der Waals surface area contributed by atoms with Gasteiger partial charge in [0.05, 0.1) is 54.5 Å². The molecule has 0 unspecified atom stereocenters. The number of rotatable bonds is 5. The topological polar surface area (TPSA) is 59.1 Å². The molecule has 29 rings (SSSR count). The van der Waals surface area contributed by atoms with Crippen LogP contribution < -0.4 is 0 Å². The molecule has 0 amide bonds. The third-order valence-corrected chi connectivity index (χ3v) is 28.3. The van der Waals surface area contributed by atoms with Gasteiger partial charge in [-0.15, -0.1) is 22.7 Å². The van der Waals surface area contributed by atoms with Gasteiger partial charge in [0, 0.05) is 144 Å². The normalized spacial score (nSPS) is 12.2. The molecular weight excluding hydrogens is 1540 g/mol. The van der Waals surface area contributed by atoms with E-state index in [0.29, 0.717) is 0 Å². The molecule has 29 aromatic rings. The SMILES string of the molecule is c1ccc(-n2c3ccccc3c3cc(-n4c5ccccc5c5ccc6c(ccc7oc8ccccc8c76)c54)ccc32)cc1.c1ccc2c(c1)oc1ccc3c(ccc4c5ccccc5n(-c5ccc(-c6cccc7c6sc6ccccc67)cc5)c34)c12.c1ccc2c(c1)oc1ccc3c(ccc4c5ccccc5n(-c5cccc6c5sc5ccccc56)c34)c12. The van der Waals surface area contributed by atoms with Gasteiger partial charge in [-0.3, -0.25) is 0 Å². The number of para-hydroxylation sites is 8. The van der Waals surface area contributed by atoms with E-state index < -0.39 is 0 Å². The van der Waals surface area contributed by atoms with E-state index in [1.54, 1.807) is 0 Å². The zero-order chi connectivity index (χ0) is 80.2. The summed E-state index contributed by atoms with van der Waals surface area (Å²) in [5.41, 5.74) is 22.5. The third kappa shape index (κ3) is 9.97. The van der Waals surface area contributed by atoms with E-state index in [2.05, 4.69) is 400 Å². The number of hydrogen-bond acceptors (Lipinski definition) is 5. The highest BCUT2D eigenvalue weighted by atomic mass is 32.1. The molecule has 0 aliphatic heterocycles. The predicted octanol–water partition coefficient (Wildman–Crippen LogP) is 33.0. The Morgan fingerprint density at radius 2 is 0.512 bits per heavy atom. The lowest BCUT2D eigenvalue weighted by Crippen LogP contribution is -1.96. The number of hydrogen-bond donors (Lipinski definition) is 0. The van der Waals surface area contributed by atoms with Gasteiger partial charge in [0.1, 0.15) is 33.5 Å². The van der Waals surface area contributed by atoms with E-state index in [4.69, 9.17) is 13.3 Å². The summed E-state index contributed by atoms with van der Waals surface area (Å²) < 4.78 is 33.8. The molecule has 0 saturated carbocycles. The largest absolute Gasteiger partial charge is 0.456 e. The molecule has 0 saturated heterocycles. The van der Waals surface area contributed by atoms with Crippen molar-refractivity contribution in [3.63, 3.8) is 0 Å². The maximum absolute atomic E-state index is 6.27. The minimum Gasteiger partial charge on any atom is -0.456 e. The maximum atomic E-state index is 6.27. The van der Waals surface area contributed by atoms with Crippen molar-refractivity contribution in [2.45, 2.75) is 0 Å². The van der Waals surface area contributed by atoms with Crippen molar-refractivity contribution in [1.29, 1.82) is 0 Å². The van der Waals surface area contributed by atoms with Crippen LogP contribution in [0.15, 0.2) is 414 Å². The molecule has 0 aliphatic rings. The standard InChI is InChI=1S/C40H24N2O.C40H23NOS.C34H19NOS/c1-2-10-25(11-3-1)41-34-15-7-5-13-28(34)33-24-26(18-22-36(33)41)42-35-16-8-4-12-27(35)30-20-19-29-31(40(30)42)21-23-38-39(29)32-14-6-9-17-37(32)43-38;1-4-13-34-27(8-1)30-21-20-29-31(22-23-36-38(29)33-10-2-5-14-35(33)42-36)39(30)41(34)25-18-16-24(17-19-25)26-11-7-12-32-28-9-3-6-15-37(28)43-40(26)32;1-4-12-27-20(8-1)23-17-16-22-24(18-19-30-32(22)26-10-2-5-14-29(26)36-30)33(23)35(27)28-13-7-11-25-21-9-3-6-15-31(21)37-34(25)28/h1-24H;1-23H;1-19H. The Labute approximate surface area is 708 Å². The second kappa shape index (κ2) is 26.4. The molecule has 572 valence electrons. The summed E-state index contributed by atoms with van der Waals surface area (Å²) in [5.74, 6) is 0. The molecule has 20 aromatic carbocycles. The summed E-state index contributed by atoms with van der Waals surface area (Å²) in [5, 5.41) is 29.7. The number of benzene rings is 20. The van der Waals surface area contributed by atoms with E-state index in [1.165, 1.54) is 199 Å². The molecule has 9 aromatic heterocycles. The van der Waals surface area contributed by atoms with Gasteiger partial charge < -0.3 is 31.5 Å². The summed E-state index contributed by atoms with van der Waals surface area (Å²) in [6.07, 6.45) is 0. The van der Waals surface area contributed by atoms with Gasteiger partial charge in [-0.05, 0) is 167 Å². The molecule has 7 nitrogen and oxygen atoms in total. The first-order valence-electron chi connectivity index (χ1n) is 41.8. The smallest absolute Gasteiger partial charge is 0.136 e. The predicted molar refractivity (Wildman–Crippen MR) is 522 cm³/mol. The Morgan fingerprint density at radius 3 is 1.02 bits per heavy atom. The second-order valence-electron chi connectivity index (χ2n) is 32.3. The van der Waals surface area contributed by atoms with Gasteiger partial charge in [0.2, 0.25) is 0 Å². The number of fused-ring (bicyclic) bond motifs is 36. The van der Waals surface area contributed by atoms with E-state index in [1.807, 2.05) is 40.9 Å². The second-order valence-corrected chi connectivity index (χ2v) is 34.4. The molecule has 123 heavy (non-hydrogen) atoms. The molecule has 0 N–H and O–H groups in total. The van der Waals surface area contributed by atoms with Crippen LogP contribution in [-0.2, 0) is 0 Å². The molecular formula is C114H66N4O3S2. The van der Waals surface area contributed by atoms with E-state index in [0.717, 1.165) is 61.0 Å². The third-order valence-electron chi connectivity index (χ3n) is 25.9. The van der Waals surface area contributed by atoms with Gasteiger partial charge in [-0.1, -0.05) is 261 Å². The van der Waals surface area contributed by atoms with Crippen LogP contribution in [0.4, 0.5) is 0 Å². The van der Waals surface area contributed by atoms with Crippen molar-refractivity contribution >= 4 is 248 Å². The number of thiophene rings is 2. The molecule has 0 fully saturated rings. The molecule has 0 spiro atoms. The monoisotopic (exact) mass is 1600 g/mol. The van der Waals surface area contributed by atoms with E-state index in [-0.39, 0.29) is 0 Å². The first-order valence-corrected chi connectivity index (χ1v) is 43.5. The summed E-state index contributed by atoms with van der Waals surface area (Å²) in [6, 6.07) is 144. The van der Waals surface area contributed by atoms with Crippen molar-refractivity contribution in [3.8, 4) is 33.9 Å². The fourth-order valence-electron chi connectivity index (χ4n) is 20.7. The van der Waals surface area contributed by atoms with Crippen LogP contribution >= 0.6 is 22.7 Å². The molecule has 9 heterocycles. The van der Waals surface area contributed by atoms with Crippen LogP contribution in [0.1, 0.15) is 0 Å². The minimum absolute atomic E-state index is 0.922. The molecule has 0 aliphatic carbocycles. The van der Waals surface area contributed by atoms with Crippen molar-refractivity contribution in [1.82, 2.24) is 18.3 Å². The zero-order valence-electron chi connectivity index (χ0n) is 65.9. The highest BCUT2D eigenvalue weighted by molar-refractivity contribution is 7.26. The minimum atomic E-state index is 0.922. The van der Waals surface area contributed by atoms with Gasteiger partial charge in [0.25, 0.3) is 0 Å². The first-order chi connectivity index (χ1) is 61.0. The van der Waals surface area contributed by atoms with Crippen LogP contribution in [0.5, 0.6) is 0 Å². The van der Waals surface area contributed by atoms with E-state index >= 15 is 0 Å². The Kier molecular flexibility index (Phi) is 14.6. The highest BCUT2D eigenvalue weighted by Gasteiger charge is 2.25. The lowest BCUT2D eigenvalue weighted by molar-refractivity contribution is 0.669. The summed E-state index contributed by atoms with van der Waals surface area (Å²) in [4.78, 5) is 0. The van der Waals surface area contributed by atoms with Gasteiger partial charge in [0.15, 0.2) is 0 Å². The van der Waals surface area contributed by atoms with E-state index in [9.17, 15) is 0 Å². The quantitative estimate of drug-likeness (QED) is 0.173. The van der Waals surface area contributed by atoms with Gasteiger partial charge >= 0.3 is 0 Å². The lowest BCUT2D eigenvalue weighted by atomic mass is 10.0. The van der Waals surface area contributed by atoms with Crippen LogP contribution in [0, 0.1) is 0 Å². The number of furan rings is 3. The van der Waals surface area contributed by atoms with Crippen molar-refractivity contribution in [3.05, 3.63) is 400 Å². The van der Waals surface area contributed by atoms with Crippen LogP contribution in [0.2, 0.25) is 0 Å². The van der Waals surface area contributed by atoms with Gasteiger partial charge in [-0.2, -0.15) is 0 Å². The number of nitrogens with zero attached hydrogens (tertiary/aromatic N) is 4. The fourth-order valence-corrected chi connectivity index (χ4v) is 23.1. The Bertz CT molecular complexity index is 9550. The number of aromatic nitrogens is 4. The first kappa shape index (κ1) is 68.2. The summed E-state index contributed by atoms with van der Waals surface area (Å²) in [6.45, 7) is 0. The highest BCUT2D eigenvalue weighted by Crippen LogP contribution is 2.49. The van der Waals surface area contributed by atoms with Crippen LogP contribution in [0.25, 0.3) is 260 Å². The van der Waals surface area contributed by atoms with Crippen LogP contribution in [-0.4, -0.2) is 18.3 Å². The Balaban J connectivity index is 0.0000000970. The Hall–Kier alpha value is -15.8.